The molecule has 1 N–H and O–H groups in total. The number of amides is 1. The van der Waals surface area contributed by atoms with Crippen molar-refractivity contribution in [3.8, 4) is 5.75 Å². The molecule has 0 saturated carbocycles. The lowest BCUT2D eigenvalue weighted by Crippen LogP contribution is -2.27. The van der Waals surface area contributed by atoms with E-state index in [2.05, 4.69) is 10.3 Å². The number of thiazole rings is 1. The molecule has 0 radical (unpaired) electrons. The Morgan fingerprint density at radius 1 is 1.28 bits per heavy atom. The number of fused-ring (bicyclic) bond motifs is 1. The van der Waals surface area contributed by atoms with Crippen LogP contribution in [0.15, 0.2) is 35.3 Å². The second kappa shape index (κ2) is 8.44. The summed E-state index contributed by atoms with van der Waals surface area (Å²) in [5, 5.41) is 4.14. The second-order valence-electron chi connectivity index (χ2n) is 6.64. The molecule has 0 aliphatic carbocycles. The molecule has 2 heterocycles. The van der Waals surface area contributed by atoms with Crippen LogP contribution in [0.1, 0.15) is 29.2 Å². The molecule has 0 fully saturated rings. The number of carbonyl (C=O) groups excluding carboxylic acids is 2. The van der Waals surface area contributed by atoms with Crippen LogP contribution in [0.3, 0.4) is 0 Å². The molecule has 9 heteroatoms. The van der Waals surface area contributed by atoms with Gasteiger partial charge >= 0.3 is 5.97 Å². The van der Waals surface area contributed by atoms with Gasteiger partial charge in [-0.1, -0.05) is 11.3 Å². The molecular formula is C20H21N3O5S. The zero-order chi connectivity index (χ0) is 21.1. The summed E-state index contributed by atoms with van der Waals surface area (Å²) >= 11 is 1.04. The van der Waals surface area contributed by atoms with Gasteiger partial charge in [-0.3, -0.25) is 9.59 Å². The summed E-state index contributed by atoms with van der Waals surface area (Å²) in [6.45, 7) is 5.01. The Balaban J connectivity index is 1.75. The molecule has 0 bridgehead atoms. The van der Waals surface area contributed by atoms with E-state index in [1.165, 1.54) is 4.57 Å². The lowest BCUT2D eigenvalue weighted by Gasteiger charge is -2.08. The van der Waals surface area contributed by atoms with Crippen molar-refractivity contribution in [2.75, 3.05) is 12.4 Å². The highest BCUT2D eigenvalue weighted by Crippen LogP contribution is 2.24. The van der Waals surface area contributed by atoms with Gasteiger partial charge in [0.05, 0.1) is 18.9 Å². The van der Waals surface area contributed by atoms with Gasteiger partial charge in [0.25, 0.3) is 5.56 Å². The first-order chi connectivity index (χ1) is 13.8. The number of nitrogens with one attached hydrogen (secondary N) is 1. The van der Waals surface area contributed by atoms with Gasteiger partial charge in [-0.25, -0.2) is 9.78 Å². The number of ether oxygens (including phenoxy) is 2. The van der Waals surface area contributed by atoms with Crippen LogP contribution in [-0.2, 0) is 16.1 Å². The molecule has 2 aromatic heterocycles. The highest BCUT2D eigenvalue weighted by atomic mass is 32.1. The summed E-state index contributed by atoms with van der Waals surface area (Å²) in [4.78, 5) is 41.6. The molecule has 0 aliphatic rings. The van der Waals surface area contributed by atoms with Crippen molar-refractivity contribution in [1.29, 1.82) is 0 Å². The Kier molecular flexibility index (Phi) is 5.97. The van der Waals surface area contributed by atoms with E-state index >= 15 is 0 Å². The van der Waals surface area contributed by atoms with Crippen molar-refractivity contribution in [2.45, 2.75) is 33.4 Å². The van der Waals surface area contributed by atoms with Crippen LogP contribution in [0.25, 0.3) is 10.8 Å². The number of hydrogen-bond acceptors (Lipinski definition) is 7. The third-order valence-corrected chi connectivity index (χ3v) is 5.12. The van der Waals surface area contributed by atoms with Crippen LogP contribution in [0.5, 0.6) is 5.75 Å². The minimum absolute atomic E-state index is 0.175. The van der Waals surface area contributed by atoms with Crippen LogP contribution in [0.2, 0.25) is 0 Å². The number of carbonyl (C=O) groups is 2. The van der Waals surface area contributed by atoms with E-state index in [9.17, 15) is 14.4 Å². The Morgan fingerprint density at radius 2 is 2.03 bits per heavy atom. The van der Waals surface area contributed by atoms with Crippen molar-refractivity contribution in [3.63, 3.8) is 0 Å². The number of rotatable bonds is 6. The van der Waals surface area contributed by atoms with Gasteiger partial charge in [-0.15, -0.1) is 0 Å². The molecule has 0 unspecified atom stereocenters. The fraction of sp³-hybridized carbons (Fsp3) is 0.300. The highest BCUT2D eigenvalue weighted by molar-refractivity contribution is 7.17. The average molecular weight is 415 g/mol. The standard InChI is InChI=1S/C20H21N3O5S/c1-11(2)28-19(26)17-12(3)21-20(29-17)22-16(24)10-23-8-7-13-9-14(27-4)5-6-15(13)18(23)25/h5-9,11H,10H2,1-4H3,(H,21,22,24). The van der Waals surface area contributed by atoms with E-state index in [4.69, 9.17) is 9.47 Å². The van der Waals surface area contributed by atoms with Gasteiger partial charge in [0.2, 0.25) is 5.91 Å². The van der Waals surface area contributed by atoms with Gasteiger partial charge in [0.15, 0.2) is 5.13 Å². The monoisotopic (exact) mass is 415 g/mol. The van der Waals surface area contributed by atoms with E-state index in [-0.39, 0.29) is 23.3 Å². The molecular weight excluding hydrogens is 394 g/mol. The predicted octanol–water partition coefficient (Wildman–Crippen LogP) is 2.98. The number of aryl methyl sites for hydroxylation is 1. The van der Waals surface area contributed by atoms with Gasteiger partial charge in [-0.2, -0.15) is 0 Å². The minimum Gasteiger partial charge on any atom is -0.497 e. The zero-order valence-electron chi connectivity index (χ0n) is 16.5. The molecule has 29 heavy (non-hydrogen) atoms. The molecule has 3 rings (SSSR count). The molecule has 1 amide bonds. The lowest BCUT2D eigenvalue weighted by atomic mass is 10.1. The maximum atomic E-state index is 12.6. The van der Waals surface area contributed by atoms with Gasteiger partial charge in [-0.05, 0) is 50.4 Å². The predicted molar refractivity (Wildman–Crippen MR) is 111 cm³/mol. The number of hydrogen-bond donors (Lipinski definition) is 1. The van der Waals surface area contributed by atoms with Crippen LogP contribution < -0.4 is 15.6 Å². The molecule has 0 spiro atoms. The second-order valence-corrected chi connectivity index (χ2v) is 7.64. The maximum Gasteiger partial charge on any atom is 0.350 e. The topological polar surface area (TPSA) is 99.5 Å². The third kappa shape index (κ3) is 4.62. The number of aromatic nitrogens is 2. The first-order valence-corrected chi connectivity index (χ1v) is 9.75. The quantitative estimate of drug-likeness (QED) is 0.622. The molecule has 8 nitrogen and oxygen atoms in total. The van der Waals surface area contributed by atoms with E-state index in [0.29, 0.717) is 21.7 Å². The minimum atomic E-state index is -0.475. The van der Waals surface area contributed by atoms with Crippen LogP contribution >= 0.6 is 11.3 Å². The number of pyridine rings is 1. The molecule has 1 aromatic carbocycles. The van der Waals surface area contributed by atoms with E-state index in [1.54, 1.807) is 58.3 Å². The summed E-state index contributed by atoms with van der Waals surface area (Å²) in [7, 11) is 1.56. The smallest absolute Gasteiger partial charge is 0.350 e. The van der Waals surface area contributed by atoms with Crippen molar-refractivity contribution in [2.24, 2.45) is 0 Å². The lowest BCUT2D eigenvalue weighted by molar-refractivity contribution is -0.116. The number of methoxy groups -OCH3 is 1. The largest absolute Gasteiger partial charge is 0.497 e. The first kappa shape index (κ1) is 20.5. The highest BCUT2D eigenvalue weighted by Gasteiger charge is 2.19. The summed E-state index contributed by atoms with van der Waals surface area (Å²) in [6, 6.07) is 6.88. The first-order valence-electron chi connectivity index (χ1n) is 8.94. The van der Waals surface area contributed by atoms with Crippen molar-refractivity contribution >= 4 is 39.1 Å². The van der Waals surface area contributed by atoms with Crippen LogP contribution in [-0.4, -0.2) is 34.6 Å². The van der Waals surface area contributed by atoms with E-state index < -0.39 is 11.9 Å². The van der Waals surface area contributed by atoms with Gasteiger partial charge in [0.1, 0.15) is 17.2 Å². The SMILES string of the molecule is COc1ccc2c(=O)n(CC(=O)Nc3nc(C)c(C(=O)OC(C)C)s3)ccc2c1. The fourth-order valence-electron chi connectivity index (χ4n) is 2.74. The number of nitrogens with zero attached hydrogens (tertiary/aromatic N) is 2. The Labute approximate surface area is 171 Å². The normalized spacial score (nSPS) is 10.9. The molecule has 0 saturated heterocycles. The van der Waals surface area contributed by atoms with Gasteiger partial charge < -0.3 is 19.4 Å². The fourth-order valence-corrected chi connectivity index (χ4v) is 3.60. The summed E-state index contributed by atoms with van der Waals surface area (Å²) < 4.78 is 11.6. The number of esters is 1. The van der Waals surface area contributed by atoms with Crippen molar-refractivity contribution in [3.05, 3.63) is 51.4 Å². The molecule has 0 aliphatic heterocycles. The van der Waals surface area contributed by atoms with E-state index in [0.717, 1.165) is 16.7 Å². The number of anilines is 1. The molecule has 3 aromatic rings. The van der Waals surface area contributed by atoms with Crippen LogP contribution in [0, 0.1) is 6.92 Å². The average Bonchev–Trinajstić information content (AvgIpc) is 3.03. The van der Waals surface area contributed by atoms with E-state index in [1.807, 2.05) is 0 Å². The maximum absolute atomic E-state index is 12.6. The Bertz CT molecular complexity index is 1130. The molecule has 152 valence electrons. The zero-order valence-corrected chi connectivity index (χ0v) is 17.3. The van der Waals surface area contributed by atoms with Gasteiger partial charge in [0, 0.05) is 11.6 Å². The summed E-state index contributed by atoms with van der Waals surface area (Å²) in [5.74, 6) is -0.243. The summed E-state index contributed by atoms with van der Waals surface area (Å²) in [5.41, 5.74) is 0.199. The van der Waals surface area contributed by atoms with Crippen molar-refractivity contribution < 1.29 is 19.1 Å². The van der Waals surface area contributed by atoms with Crippen molar-refractivity contribution in [1.82, 2.24) is 9.55 Å². The third-order valence-electron chi connectivity index (χ3n) is 4.07. The molecule has 0 atom stereocenters. The Hall–Kier alpha value is -3.20. The Morgan fingerprint density at radius 3 is 2.72 bits per heavy atom. The van der Waals surface area contributed by atoms with Crippen LogP contribution in [0.4, 0.5) is 5.13 Å². The number of benzene rings is 1. The summed E-state index contributed by atoms with van der Waals surface area (Å²) in [6.07, 6.45) is 1.31.